The van der Waals surface area contributed by atoms with Gasteiger partial charge in [0.15, 0.2) is 0 Å². The van der Waals surface area contributed by atoms with Crippen molar-refractivity contribution in [3.63, 3.8) is 0 Å². The Morgan fingerprint density at radius 1 is 1.00 bits per heavy atom. The van der Waals surface area contributed by atoms with Crippen LogP contribution in [0.2, 0.25) is 0 Å². The molecule has 0 spiro atoms. The van der Waals surface area contributed by atoms with Crippen molar-refractivity contribution in [1.82, 2.24) is 5.32 Å². The predicted octanol–water partition coefficient (Wildman–Crippen LogP) is 5.11. The minimum atomic E-state index is 0.457. The Labute approximate surface area is 123 Å². The maximum absolute atomic E-state index is 3.63. The molecule has 0 radical (unpaired) electrons. The molecule has 0 heterocycles. The molecule has 1 unspecified atom stereocenters. The molecular formula is C19H25N. The van der Waals surface area contributed by atoms with Crippen LogP contribution in [0.5, 0.6) is 0 Å². The topological polar surface area (TPSA) is 12.0 Å². The Morgan fingerprint density at radius 2 is 1.80 bits per heavy atom. The highest BCUT2D eigenvalue weighted by Gasteiger charge is 2.09. The number of benzene rings is 2. The van der Waals surface area contributed by atoms with E-state index in [2.05, 4.69) is 74.6 Å². The van der Waals surface area contributed by atoms with E-state index in [1.54, 1.807) is 0 Å². The highest BCUT2D eigenvalue weighted by molar-refractivity contribution is 5.67. The van der Waals surface area contributed by atoms with Gasteiger partial charge in [-0.2, -0.15) is 0 Å². The van der Waals surface area contributed by atoms with Crippen molar-refractivity contribution >= 4 is 0 Å². The van der Waals surface area contributed by atoms with E-state index < -0.39 is 0 Å². The smallest absolute Gasteiger partial charge is 0.0317 e. The van der Waals surface area contributed by atoms with Gasteiger partial charge in [0.2, 0.25) is 0 Å². The summed E-state index contributed by atoms with van der Waals surface area (Å²) < 4.78 is 0. The Bertz CT molecular complexity index is 545. The van der Waals surface area contributed by atoms with Crippen LogP contribution >= 0.6 is 0 Å². The van der Waals surface area contributed by atoms with Gasteiger partial charge < -0.3 is 5.32 Å². The number of hydrogen-bond donors (Lipinski definition) is 1. The summed E-state index contributed by atoms with van der Waals surface area (Å²) in [6, 6.07) is 18.0. The lowest BCUT2D eigenvalue weighted by atomic mass is 9.96. The van der Waals surface area contributed by atoms with E-state index in [1.807, 2.05) is 0 Å². The van der Waals surface area contributed by atoms with Gasteiger partial charge in [0.1, 0.15) is 0 Å². The largest absolute Gasteiger partial charge is 0.310 e. The van der Waals surface area contributed by atoms with Crippen molar-refractivity contribution in [3.05, 3.63) is 59.7 Å². The summed E-state index contributed by atoms with van der Waals surface area (Å²) in [5.74, 6) is 0. The van der Waals surface area contributed by atoms with Crippen molar-refractivity contribution in [2.24, 2.45) is 0 Å². The lowest BCUT2D eigenvalue weighted by molar-refractivity contribution is 0.518. The van der Waals surface area contributed by atoms with E-state index in [0.717, 1.165) is 13.0 Å². The third kappa shape index (κ3) is 3.49. The average molecular weight is 267 g/mol. The minimum Gasteiger partial charge on any atom is -0.310 e. The summed E-state index contributed by atoms with van der Waals surface area (Å²) in [6.07, 6.45) is 2.30. The molecule has 2 aromatic carbocycles. The number of hydrogen-bond acceptors (Lipinski definition) is 1. The fourth-order valence-electron chi connectivity index (χ4n) is 2.64. The summed E-state index contributed by atoms with van der Waals surface area (Å²) in [4.78, 5) is 0. The fourth-order valence-corrected chi connectivity index (χ4v) is 2.64. The van der Waals surface area contributed by atoms with Gasteiger partial charge in [-0.1, -0.05) is 56.3 Å². The first-order valence-corrected chi connectivity index (χ1v) is 7.65. The van der Waals surface area contributed by atoms with Gasteiger partial charge in [-0.15, -0.1) is 0 Å². The summed E-state index contributed by atoms with van der Waals surface area (Å²) in [7, 11) is 0. The summed E-state index contributed by atoms with van der Waals surface area (Å²) in [6.45, 7) is 7.71. The van der Waals surface area contributed by atoms with Crippen LogP contribution in [0.15, 0.2) is 48.5 Å². The summed E-state index contributed by atoms with van der Waals surface area (Å²) in [5, 5.41) is 3.63. The minimum absolute atomic E-state index is 0.457. The van der Waals surface area contributed by atoms with Gasteiger partial charge in [0.25, 0.3) is 0 Å². The Balaban J connectivity index is 2.30. The maximum atomic E-state index is 3.63. The van der Waals surface area contributed by atoms with Crippen molar-refractivity contribution < 1.29 is 0 Å². The van der Waals surface area contributed by atoms with Gasteiger partial charge in [-0.25, -0.2) is 0 Å². The van der Waals surface area contributed by atoms with Crippen LogP contribution in [-0.2, 0) is 0 Å². The Kier molecular flexibility index (Phi) is 5.37. The van der Waals surface area contributed by atoms with E-state index in [4.69, 9.17) is 0 Å². The van der Waals surface area contributed by atoms with E-state index in [9.17, 15) is 0 Å². The molecule has 0 saturated carbocycles. The van der Waals surface area contributed by atoms with E-state index in [-0.39, 0.29) is 0 Å². The molecular weight excluding hydrogens is 242 g/mol. The van der Waals surface area contributed by atoms with E-state index in [1.165, 1.54) is 28.7 Å². The highest BCUT2D eigenvalue weighted by atomic mass is 14.9. The van der Waals surface area contributed by atoms with Gasteiger partial charge in [0.05, 0.1) is 0 Å². The number of nitrogens with one attached hydrogen (secondary N) is 1. The van der Waals surface area contributed by atoms with Crippen molar-refractivity contribution in [1.29, 1.82) is 0 Å². The van der Waals surface area contributed by atoms with Gasteiger partial charge in [0, 0.05) is 6.04 Å². The molecule has 1 N–H and O–H groups in total. The molecule has 0 amide bonds. The molecule has 0 aliphatic rings. The van der Waals surface area contributed by atoms with Crippen LogP contribution in [0.3, 0.4) is 0 Å². The third-order valence-electron chi connectivity index (χ3n) is 3.79. The number of aryl methyl sites for hydroxylation is 1. The molecule has 0 aromatic heterocycles. The standard InChI is InChI=1S/C19H25N/c1-4-13-20-19(5-2)17-11-8-10-16(14-17)18-12-7-6-9-15(18)3/h6-12,14,19-20H,4-5,13H2,1-3H3. The molecule has 20 heavy (non-hydrogen) atoms. The Morgan fingerprint density at radius 3 is 2.50 bits per heavy atom. The molecule has 1 nitrogen and oxygen atoms in total. The molecule has 2 aromatic rings. The van der Waals surface area contributed by atoms with E-state index in [0.29, 0.717) is 6.04 Å². The van der Waals surface area contributed by atoms with Crippen LogP contribution < -0.4 is 5.32 Å². The van der Waals surface area contributed by atoms with Crippen LogP contribution in [0.1, 0.15) is 43.9 Å². The monoisotopic (exact) mass is 267 g/mol. The van der Waals surface area contributed by atoms with Gasteiger partial charge in [-0.05, 0) is 54.6 Å². The van der Waals surface area contributed by atoms with Crippen LogP contribution in [0.4, 0.5) is 0 Å². The van der Waals surface area contributed by atoms with Crippen LogP contribution in [0.25, 0.3) is 11.1 Å². The second-order valence-electron chi connectivity index (χ2n) is 5.36. The Hall–Kier alpha value is -1.60. The zero-order valence-electron chi connectivity index (χ0n) is 12.8. The summed E-state index contributed by atoms with van der Waals surface area (Å²) in [5.41, 5.74) is 5.37. The maximum Gasteiger partial charge on any atom is 0.0317 e. The molecule has 1 atom stereocenters. The van der Waals surface area contributed by atoms with Gasteiger partial charge >= 0.3 is 0 Å². The second kappa shape index (κ2) is 7.25. The van der Waals surface area contributed by atoms with Crippen LogP contribution in [0, 0.1) is 6.92 Å². The molecule has 0 bridgehead atoms. The fraction of sp³-hybridized carbons (Fsp3) is 0.368. The first-order valence-electron chi connectivity index (χ1n) is 7.65. The second-order valence-corrected chi connectivity index (χ2v) is 5.36. The van der Waals surface area contributed by atoms with Crippen molar-refractivity contribution in [3.8, 4) is 11.1 Å². The lowest BCUT2D eigenvalue weighted by Crippen LogP contribution is -2.21. The molecule has 0 saturated heterocycles. The normalized spacial score (nSPS) is 12.3. The molecule has 1 heteroatoms. The number of rotatable bonds is 6. The first kappa shape index (κ1) is 14.8. The molecule has 2 rings (SSSR count). The molecule has 0 aliphatic heterocycles. The highest BCUT2D eigenvalue weighted by Crippen LogP contribution is 2.26. The van der Waals surface area contributed by atoms with Crippen LogP contribution in [-0.4, -0.2) is 6.54 Å². The van der Waals surface area contributed by atoms with Crippen molar-refractivity contribution in [2.45, 2.75) is 39.7 Å². The van der Waals surface area contributed by atoms with Gasteiger partial charge in [-0.3, -0.25) is 0 Å². The zero-order chi connectivity index (χ0) is 14.4. The quantitative estimate of drug-likeness (QED) is 0.766. The molecule has 0 fully saturated rings. The first-order chi connectivity index (χ1) is 9.76. The van der Waals surface area contributed by atoms with Crippen molar-refractivity contribution in [2.75, 3.05) is 6.54 Å². The molecule has 0 aliphatic carbocycles. The predicted molar refractivity (Wildman–Crippen MR) is 87.9 cm³/mol. The SMILES string of the molecule is CCCNC(CC)c1cccc(-c2ccccc2C)c1. The lowest BCUT2D eigenvalue weighted by Gasteiger charge is -2.18. The third-order valence-corrected chi connectivity index (χ3v) is 3.79. The zero-order valence-corrected chi connectivity index (χ0v) is 12.8. The molecule has 106 valence electrons. The average Bonchev–Trinajstić information content (AvgIpc) is 2.49. The van der Waals surface area contributed by atoms with E-state index >= 15 is 0 Å². The summed E-state index contributed by atoms with van der Waals surface area (Å²) >= 11 is 0.